The van der Waals surface area contributed by atoms with Crippen LogP contribution in [0.25, 0.3) is 0 Å². The number of thiocarbonyl (C=S) groups is 1. The molecule has 0 atom stereocenters. The molecule has 0 saturated carbocycles. The van der Waals surface area contributed by atoms with Crippen molar-refractivity contribution in [1.29, 1.82) is 0 Å². The highest BCUT2D eigenvalue weighted by atomic mass is 32.1. The molecule has 0 radical (unpaired) electrons. The fourth-order valence-corrected chi connectivity index (χ4v) is 1.09. The summed E-state index contributed by atoms with van der Waals surface area (Å²) >= 11 is 4.79. The van der Waals surface area contributed by atoms with Gasteiger partial charge in [0.1, 0.15) is 10.7 Å². The number of hydrogen-bond acceptors (Lipinski definition) is 4. The molecule has 74 valence electrons. The van der Waals surface area contributed by atoms with Crippen LogP contribution in [0.4, 0.5) is 5.69 Å². The van der Waals surface area contributed by atoms with Crippen LogP contribution in [0.3, 0.4) is 0 Å². The molecule has 1 heterocycles. The van der Waals surface area contributed by atoms with E-state index in [1.54, 1.807) is 18.3 Å². The van der Waals surface area contributed by atoms with E-state index in [4.69, 9.17) is 23.7 Å². The fraction of sp³-hybridized carbons (Fsp3) is 0.125. The molecule has 5 N–H and O–H groups in total. The van der Waals surface area contributed by atoms with E-state index in [9.17, 15) is 4.79 Å². The summed E-state index contributed by atoms with van der Waals surface area (Å²) in [4.78, 5) is 14.7. The zero-order valence-electron chi connectivity index (χ0n) is 7.36. The first-order valence-electron chi connectivity index (χ1n) is 3.88. The van der Waals surface area contributed by atoms with Gasteiger partial charge in [-0.05, 0) is 12.1 Å². The summed E-state index contributed by atoms with van der Waals surface area (Å²) in [6, 6.07) is 3.44. The van der Waals surface area contributed by atoms with E-state index in [0.717, 1.165) is 0 Å². The molecule has 1 rings (SSSR count). The SMILES string of the molecule is NC(=O)CNc1cccnc1C(N)=S. The zero-order chi connectivity index (χ0) is 10.6. The maximum Gasteiger partial charge on any atom is 0.236 e. The lowest BCUT2D eigenvalue weighted by Gasteiger charge is -2.07. The van der Waals surface area contributed by atoms with Crippen molar-refractivity contribution in [3.63, 3.8) is 0 Å². The van der Waals surface area contributed by atoms with Gasteiger partial charge in [-0.3, -0.25) is 9.78 Å². The molecule has 1 aromatic heterocycles. The van der Waals surface area contributed by atoms with Crippen LogP contribution in [0.2, 0.25) is 0 Å². The Labute approximate surface area is 86.5 Å². The molecule has 0 saturated heterocycles. The molecular weight excluding hydrogens is 200 g/mol. The Bertz CT molecular complexity index is 366. The van der Waals surface area contributed by atoms with Crippen LogP contribution in [-0.4, -0.2) is 22.4 Å². The number of amides is 1. The number of primary amides is 1. The molecule has 0 aliphatic carbocycles. The van der Waals surface area contributed by atoms with Gasteiger partial charge in [0.15, 0.2) is 0 Å². The van der Waals surface area contributed by atoms with E-state index in [2.05, 4.69) is 10.3 Å². The van der Waals surface area contributed by atoms with E-state index in [-0.39, 0.29) is 11.5 Å². The number of anilines is 1. The maximum absolute atomic E-state index is 10.5. The second-order valence-electron chi connectivity index (χ2n) is 2.58. The van der Waals surface area contributed by atoms with Crippen molar-refractivity contribution in [1.82, 2.24) is 4.98 Å². The molecule has 0 aliphatic rings. The predicted octanol–water partition coefficient (Wildman–Crippen LogP) is -0.387. The lowest BCUT2D eigenvalue weighted by atomic mass is 10.3. The minimum atomic E-state index is -0.456. The van der Waals surface area contributed by atoms with E-state index in [1.807, 2.05) is 0 Å². The quantitative estimate of drug-likeness (QED) is 0.588. The number of hydrogen-bond donors (Lipinski definition) is 3. The number of nitrogens with zero attached hydrogens (tertiary/aromatic N) is 1. The minimum absolute atomic E-state index is 0.0291. The van der Waals surface area contributed by atoms with Gasteiger partial charge in [-0.25, -0.2) is 0 Å². The van der Waals surface area contributed by atoms with Crippen LogP contribution in [0, 0.1) is 0 Å². The normalized spacial score (nSPS) is 9.43. The third kappa shape index (κ3) is 2.67. The first-order valence-corrected chi connectivity index (χ1v) is 4.29. The van der Waals surface area contributed by atoms with Crippen molar-refractivity contribution >= 4 is 28.8 Å². The third-order valence-corrected chi connectivity index (χ3v) is 1.69. The van der Waals surface area contributed by atoms with Gasteiger partial charge in [0, 0.05) is 6.20 Å². The number of nitrogens with one attached hydrogen (secondary N) is 1. The minimum Gasteiger partial charge on any atom is -0.388 e. The van der Waals surface area contributed by atoms with Crippen LogP contribution < -0.4 is 16.8 Å². The number of carbonyl (C=O) groups is 1. The molecule has 0 spiro atoms. The average Bonchev–Trinajstić information content (AvgIpc) is 2.15. The highest BCUT2D eigenvalue weighted by Crippen LogP contribution is 2.10. The third-order valence-electron chi connectivity index (χ3n) is 1.49. The first-order chi connectivity index (χ1) is 6.61. The van der Waals surface area contributed by atoms with Gasteiger partial charge in [-0.2, -0.15) is 0 Å². The number of nitrogens with two attached hydrogens (primary N) is 2. The molecule has 0 fully saturated rings. The Balaban J connectivity index is 2.84. The van der Waals surface area contributed by atoms with Crippen molar-refractivity contribution in [3.05, 3.63) is 24.0 Å². The molecule has 0 bridgehead atoms. The molecular formula is C8H10N4OS. The van der Waals surface area contributed by atoms with Gasteiger partial charge < -0.3 is 16.8 Å². The molecule has 14 heavy (non-hydrogen) atoms. The zero-order valence-corrected chi connectivity index (χ0v) is 8.17. The van der Waals surface area contributed by atoms with Crippen LogP contribution in [0.1, 0.15) is 5.69 Å². The molecule has 6 heteroatoms. The van der Waals surface area contributed by atoms with Crippen molar-refractivity contribution < 1.29 is 4.79 Å². The summed E-state index contributed by atoms with van der Waals surface area (Å²) in [6.45, 7) is 0.0291. The summed E-state index contributed by atoms with van der Waals surface area (Å²) in [7, 11) is 0. The van der Waals surface area contributed by atoms with Gasteiger partial charge >= 0.3 is 0 Å². The summed E-state index contributed by atoms with van der Waals surface area (Å²) in [6.07, 6.45) is 1.57. The summed E-state index contributed by atoms with van der Waals surface area (Å²) in [5.41, 5.74) is 11.5. The van der Waals surface area contributed by atoms with Crippen molar-refractivity contribution in [2.24, 2.45) is 11.5 Å². The Morgan fingerprint density at radius 3 is 2.86 bits per heavy atom. The largest absolute Gasteiger partial charge is 0.388 e. The topological polar surface area (TPSA) is 94.0 Å². The number of aromatic nitrogens is 1. The number of pyridine rings is 1. The molecule has 1 amide bonds. The van der Waals surface area contributed by atoms with E-state index >= 15 is 0 Å². The molecule has 5 nitrogen and oxygen atoms in total. The smallest absolute Gasteiger partial charge is 0.236 e. The van der Waals surface area contributed by atoms with Crippen molar-refractivity contribution in [2.75, 3.05) is 11.9 Å². The van der Waals surface area contributed by atoms with Gasteiger partial charge in [0.2, 0.25) is 5.91 Å². The Hall–Kier alpha value is -1.69. The summed E-state index contributed by atoms with van der Waals surface area (Å²) < 4.78 is 0. The van der Waals surface area contributed by atoms with Gasteiger partial charge in [0.25, 0.3) is 0 Å². The Kier molecular flexibility index (Phi) is 3.35. The standard InChI is InChI=1S/C8H10N4OS/c9-6(13)4-12-5-2-1-3-11-7(5)8(10)14/h1-3,12H,4H2,(H2,9,13)(H2,10,14). The molecule has 0 unspecified atom stereocenters. The first kappa shape index (κ1) is 10.4. The van der Waals surface area contributed by atoms with Crippen LogP contribution in [0.15, 0.2) is 18.3 Å². The number of carbonyl (C=O) groups excluding carboxylic acids is 1. The van der Waals surface area contributed by atoms with Crippen molar-refractivity contribution in [3.8, 4) is 0 Å². The lowest BCUT2D eigenvalue weighted by molar-refractivity contribution is -0.116. The van der Waals surface area contributed by atoms with Crippen LogP contribution in [-0.2, 0) is 4.79 Å². The lowest BCUT2D eigenvalue weighted by Crippen LogP contribution is -2.23. The molecule has 0 aliphatic heterocycles. The van der Waals surface area contributed by atoms with E-state index in [1.165, 1.54) is 0 Å². The van der Waals surface area contributed by atoms with Gasteiger partial charge in [-0.15, -0.1) is 0 Å². The average molecular weight is 210 g/mol. The van der Waals surface area contributed by atoms with E-state index < -0.39 is 5.91 Å². The fourth-order valence-electron chi connectivity index (χ4n) is 0.927. The molecule has 0 aromatic carbocycles. The Morgan fingerprint density at radius 1 is 1.57 bits per heavy atom. The highest BCUT2D eigenvalue weighted by Gasteiger charge is 2.05. The predicted molar refractivity (Wildman–Crippen MR) is 57.8 cm³/mol. The van der Waals surface area contributed by atoms with Gasteiger partial charge in [0.05, 0.1) is 12.2 Å². The highest BCUT2D eigenvalue weighted by molar-refractivity contribution is 7.80. The van der Waals surface area contributed by atoms with Crippen molar-refractivity contribution in [2.45, 2.75) is 0 Å². The number of rotatable bonds is 4. The Morgan fingerprint density at radius 2 is 2.29 bits per heavy atom. The van der Waals surface area contributed by atoms with Crippen LogP contribution in [0.5, 0.6) is 0 Å². The monoisotopic (exact) mass is 210 g/mol. The summed E-state index contributed by atoms with van der Waals surface area (Å²) in [5.74, 6) is -0.456. The van der Waals surface area contributed by atoms with E-state index in [0.29, 0.717) is 11.4 Å². The maximum atomic E-state index is 10.5. The summed E-state index contributed by atoms with van der Waals surface area (Å²) in [5, 5.41) is 2.79. The second-order valence-corrected chi connectivity index (χ2v) is 3.02. The van der Waals surface area contributed by atoms with Crippen LogP contribution >= 0.6 is 12.2 Å². The van der Waals surface area contributed by atoms with Gasteiger partial charge in [-0.1, -0.05) is 12.2 Å². The molecule has 1 aromatic rings. The second kappa shape index (κ2) is 4.52.